The van der Waals surface area contributed by atoms with E-state index in [0.29, 0.717) is 5.56 Å². The Labute approximate surface area is 144 Å². The third-order valence-corrected chi connectivity index (χ3v) is 4.70. The van der Waals surface area contributed by atoms with Gasteiger partial charge in [-0.1, -0.05) is 42.1 Å². The lowest BCUT2D eigenvalue weighted by molar-refractivity contribution is 0.102. The van der Waals surface area contributed by atoms with E-state index < -0.39 is 0 Å². The predicted molar refractivity (Wildman–Crippen MR) is 93.9 cm³/mol. The molecule has 0 fully saturated rings. The van der Waals surface area contributed by atoms with Gasteiger partial charge in [0.1, 0.15) is 0 Å². The number of tetrazole rings is 1. The molecule has 3 aromatic rings. The molecular formula is C17H17N5OS. The minimum atomic E-state index is -0.120. The van der Waals surface area contributed by atoms with Crippen LogP contribution in [-0.4, -0.2) is 26.1 Å². The first-order valence-corrected chi connectivity index (χ1v) is 8.37. The number of thioether (sulfide) groups is 1. The van der Waals surface area contributed by atoms with Crippen LogP contribution in [0.2, 0.25) is 0 Å². The molecule has 2 aromatic carbocycles. The molecule has 24 heavy (non-hydrogen) atoms. The molecule has 0 saturated heterocycles. The maximum absolute atomic E-state index is 12.3. The van der Waals surface area contributed by atoms with Crippen molar-refractivity contribution in [3.05, 3.63) is 65.7 Å². The number of amides is 1. The second-order valence-corrected chi connectivity index (χ2v) is 6.60. The quantitative estimate of drug-likeness (QED) is 0.722. The Hall–Kier alpha value is -2.67. The number of aryl methyl sites for hydroxylation is 1. The van der Waals surface area contributed by atoms with Crippen LogP contribution in [-0.2, 0) is 7.05 Å². The number of aromatic nitrogens is 4. The number of anilines is 1. The summed E-state index contributed by atoms with van der Waals surface area (Å²) in [7, 11) is 1.81. The van der Waals surface area contributed by atoms with Crippen LogP contribution in [0.5, 0.6) is 0 Å². The summed E-state index contributed by atoms with van der Waals surface area (Å²) in [4.78, 5) is 12.3. The van der Waals surface area contributed by atoms with E-state index in [1.807, 2.05) is 49.5 Å². The van der Waals surface area contributed by atoms with Crippen LogP contribution < -0.4 is 5.32 Å². The van der Waals surface area contributed by atoms with Crippen LogP contribution in [0, 0.1) is 0 Å². The number of benzene rings is 2. The van der Waals surface area contributed by atoms with Gasteiger partial charge >= 0.3 is 0 Å². The topological polar surface area (TPSA) is 72.7 Å². The van der Waals surface area contributed by atoms with Gasteiger partial charge < -0.3 is 5.32 Å². The normalized spacial score (nSPS) is 11.9. The van der Waals surface area contributed by atoms with Crippen LogP contribution in [0.1, 0.15) is 28.1 Å². The summed E-state index contributed by atoms with van der Waals surface area (Å²) in [6.45, 7) is 2.08. The minimum absolute atomic E-state index is 0.120. The van der Waals surface area contributed by atoms with Crippen molar-refractivity contribution in [2.75, 3.05) is 5.32 Å². The molecule has 0 aliphatic rings. The van der Waals surface area contributed by atoms with E-state index >= 15 is 0 Å². The van der Waals surface area contributed by atoms with Crippen molar-refractivity contribution in [3.8, 4) is 0 Å². The molecule has 1 atom stereocenters. The standard InChI is InChI=1S/C17H17N5OS/c1-12(24-17-19-20-21-22(17)2)14-9-6-10-15(11-14)18-16(23)13-7-4-3-5-8-13/h3-12H,1-2H3,(H,18,23)/t12-/m1/s1. The largest absolute Gasteiger partial charge is 0.322 e. The van der Waals surface area contributed by atoms with Gasteiger partial charge in [0.25, 0.3) is 5.91 Å². The number of rotatable bonds is 5. The van der Waals surface area contributed by atoms with Crippen molar-refractivity contribution in [1.29, 1.82) is 0 Å². The third kappa shape index (κ3) is 3.80. The van der Waals surface area contributed by atoms with Gasteiger partial charge in [0.05, 0.1) is 0 Å². The zero-order valence-corrected chi connectivity index (χ0v) is 14.2. The van der Waals surface area contributed by atoms with Gasteiger partial charge in [-0.25, -0.2) is 4.68 Å². The molecule has 0 saturated carbocycles. The summed E-state index contributed by atoms with van der Waals surface area (Å²) in [5.74, 6) is -0.120. The summed E-state index contributed by atoms with van der Waals surface area (Å²) in [5.41, 5.74) is 2.49. The number of hydrogen-bond donors (Lipinski definition) is 1. The van der Waals surface area contributed by atoms with Gasteiger partial charge in [-0.2, -0.15) is 0 Å². The van der Waals surface area contributed by atoms with Gasteiger partial charge in [0, 0.05) is 23.5 Å². The number of hydrogen-bond acceptors (Lipinski definition) is 5. The molecule has 0 aliphatic carbocycles. The zero-order chi connectivity index (χ0) is 16.9. The first-order chi connectivity index (χ1) is 11.6. The maximum atomic E-state index is 12.3. The van der Waals surface area contributed by atoms with Gasteiger partial charge in [-0.3, -0.25) is 4.79 Å². The molecule has 0 spiro atoms. The van der Waals surface area contributed by atoms with E-state index in [1.165, 1.54) is 0 Å². The second-order valence-electron chi connectivity index (χ2n) is 5.29. The smallest absolute Gasteiger partial charge is 0.255 e. The van der Waals surface area contributed by atoms with Crippen molar-refractivity contribution >= 4 is 23.4 Å². The fraction of sp³-hybridized carbons (Fsp3) is 0.176. The van der Waals surface area contributed by atoms with Crippen LogP contribution in [0.4, 0.5) is 5.69 Å². The van der Waals surface area contributed by atoms with Gasteiger partial charge in [-0.05, 0) is 47.2 Å². The van der Waals surface area contributed by atoms with E-state index in [1.54, 1.807) is 28.6 Å². The molecule has 0 radical (unpaired) electrons. The molecule has 3 rings (SSSR count). The van der Waals surface area contributed by atoms with E-state index in [0.717, 1.165) is 16.4 Å². The minimum Gasteiger partial charge on any atom is -0.322 e. The number of carbonyl (C=O) groups excluding carboxylic acids is 1. The monoisotopic (exact) mass is 339 g/mol. The highest BCUT2D eigenvalue weighted by molar-refractivity contribution is 7.99. The Morgan fingerprint density at radius 1 is 1.17 bits per heavy atom. The second kappa shape index (κ2) is 7.27. The molecule has 122 valence electrons. The Balaban J connectivity index is 1.72. The molecule has 1 aromatic heterocycles. The number of nitrogens with zero attached hydrogens (tertiary/aromatic N) is 4. The lowest BCUT2D eigenvalue weighted by Gasteiger charge is -2.12. The Morgan fingerprint density at radius 3 is 2.67 bits per heavy atom. The summed E-state index contributed by atoms with van der Waals surface area (Å²) >= 11 is 1.57. The average molecular weight is 339 g/mol. The zero-order valence-electron chi connectivity index (χ0n) is 13.4. The summed E-state index contributed by atoms with van der Waals surface area (Å²) < 4.78 is 1.64. The molecule has 0 bridgehead atoms. The van der Waals surface area contributed by atoms with E-state index in [2.05, 4.69) is 27.8 Å². The SMILES string of the molecule is C[C@@H](Sc1nnnn1C)c1cccc(NC(=O)c2ccccc2)c1. The molecule has 6 nitrogen and oxygen atoms in total. The van der Waals surface area contributed by atoms with Crippen LogP contribution in [0.25, 0.3) is 0 Å². The van der Waals surface area contributed by atoms with E-state index in [9.17, 15) is 4.79 Å². The molecular weight excluding hydrogens is 322 g/mol. The number of nitrogens with one attached hydrogen (secondary N) is 1. The third-order valence-electron chi connectivity index (χ3n) is 3.51. The van der Waals surface area contributed by atoms with E-state index in [-0.39, 0.29) is 11.2 Å². The first-order valence-electron chi connectivity index (χ1n) is 7.49. The van der Waals surface area contributed by atoms with Gasteiger partial charge in [0.2, 0.25) is 5.16 Å². The maximum Gasteiger partial charge on any atom is 0.255 e. The Bertz CT molecular complexity index is 834. The summed E-state index contributed by atoms with van der Waals surface area (Å²) in [6, 6.07) is 17.0. The molecule has 0 unspecified atom stereocenters. The summed E-state index contributed by atoms with van der Waals surface area (Å²) in [5, 5.41) is 15.3. The van der Waals surface area contributed by atoms with Crippen LogP contribution >= 0.6 is 11.8 Å². The van der Waals surface area contributed by atoms with E-state index in [4.69, 9.17) is 0 Å². The molecule has 7 heteroatoms. The average Bonchev–Trinajstić information content (AvgIpc) is 3.00. The highest BCUT2D eigenvalue weighted by Gasteiger charge is 2.13. The van der Waals surface area contributed by atoms with Crippen molar-refractivity contribution in [2.45, 2.75) is 17.3 Å². The molecule has 1 heterocycles. The van der Waals surface area contributed by atoms with Crippen molar-refractivity contribution < 1.29 is 4.79 Å². The van der Waals surface area contributed by atoms with Crippen LogP contribution in [0.3, 0.4) is 0 Å². The Morgan fingerprint density at radius 2 is 1.96 bits per heavy atom. The lowest BCUT2D eigenvalue weighted by Crippen LogP contribution is -2.11. The lowest BCUT2D eigenvalue weighted by atomic mass is 10.1. The van der Waals surface area contributed by atoms with Gasteiger partial charge in [0.15, 0.2) is 0 Å². The molecule has 0 aliphatic heterocycles. The van der Waals surface area contributed by atoms with Crippen molar-refractivity contribution in [1.82, 2.24) is 20.2 Å². The van der Waals surface area contributed by atoms with Crippen molar-refractivity contribution in [2.24, 2.45) is 7.05 Å². The fourth-order valence-corrected chi connectivity index (χ4v) is 3.08. The summed E-state index contributed by atoms with van der Waals surface area (Å²) in [6.07, 6.45) is 0. The van der Waals surface area contributed by atoms with Crippen molar-refractivity contribution in [3.63, 3.8) is 0 Å². The number of carbonyl (C=O) groups is 1. The highest BCUT2D eigenvalue weighted by atomic mass is 32.2. The Kier molecular flexibility index (Phi) is 4.90. The fourth-order valence-electron chi connectivity index (χ4n) is 2.21. The molecule has 1 N–H and O–H groups in total. The first kappa shape index (κ1) is 16.2. The predicted octanol–water partition coefficient (Wildman–Crippen LogP) is 3.32. The van der Waals surface area contributed by atoms with Gasteiger partial charge in [-0.15, -0.1) is 5.10 Å². The highest BCUT2D eigenvalue weighted by Crippen LogP contribution is 2.33. The molecule has 1 amide bonds. The van der Waals surface area contributed by atoms with Crippen LogP contribution in [0.15, 0.2) is 59.8 Å².